The van der Waals surface area contributed by atoms with Crippen LogP contribution in [0.1, 0.15) is 16.3 Å². The van der Waals surface area contributed by atoms with Crippen molar-refractivity contribution >= 4 is 27.4 Å². The smallest absolute Gasteiger partial charge is 0.141 e. The summed E-state index contributed by atoms with van der Waals surface area (Å²) in [4.78, 5) is 14.4. The number of rotatable bonds is 1. The standard InChI is InChI=1S/C15H20N4S/c1-8-9(2)20-15-13(8)14(17-10(3)18-15)19-6-11-4-16-5-12(11)7-19/h11-12,16H,4-7H2,1-3H3/t11-,12+. The van der Waals surface area contributed by atoms with Crippen molar-refractivity contribution in [1.29, 1.82) is 0 Å². The Bertz CT molecular complexity index is 666. The molecule has 2 fully saturated rings. The normalized spacial score (nSPS) is 25.6. The predicted octanol–water partition coefficient (Wildman–Crippen LogP) is 2.27. The molecule has 20 heavy (non-hydrogen) atoms. The molecule has 0 unspecified atom stereocenters. The number of nitrogens with zero attached hydrogens (tertiary/aromatic N) is 3. The maximum Gasteiger partial charge on any atom is 0.141 e. The van der Waals surface area contributed by atoms with Gasteiger partial charge < -0.3 is 10.2 Å². The highest BCUT2D eigenvalue weighted by atomic mass is 32.1. The molecule has 2 aromatic heterocycles. The first-order valence-electron chi connectivity index (χ1n) is 7.33. The molecule has 2 saturated heterocycles. The van der Waals surface area contributed by atoms with E-state index in [4.69, 9.17) is 4.98 Å². The number of aryl methyl sites for hydroxylation is 3. The van der Waals surface area contributed by atoms with E-state index in [9.17, 15) is 0 Å². The van der Waals surface area contributed by atoms with Gasteiger partial charge >= 0.3 is 0 Å². The summed E-state index contributed by atoms with van der Waals surface area (Å²) in [5.41, 5.74) is 1.36. The van der Waals surface area contributed by atoms with Crippen LogP contribution in [0, 0.1) is 32.6 Å². The number of aromatic nitrogens is 2. The SMILES string of the molecule is Cc1nc(N2C[C@H]3CNC[C@H]3C2)c2c(C)c(C)sc2n1. The number of nitrogens with one attached hydrogen (secondary N) is 1. The van der Waals surface area contributed by atoms with Crippen LogP contribution in [0.5, 0.6) is 0 Å². The van der Waals surface area contributed by atoms with E-state index >= 15 is 0 Å². The molecule has 0 saturated carbocycles. The molecule has 0 amide bonds. The minimum absolute atomic E-state index is 0.792. The maximum atomic E-state index is 4.79. The topological polar surface area (TPSA) is 41.1 Å². The molecule has 0 aliphatic carbocycles. The Morgan fingerprint density at radius 2 is 1.80 bits per heavy atom. The molecule has 0 aromatic carbocycles. The molecule has 1 N–H and O–H groups in total. The van der Waals surface area contributed by atoms with Crippen molar-refractivity contribution in [2.45, 2.75) is 20.8 Å². The second-order valence-electron chi connectivity index (χ2n) is 6.14. The summed E-state index contributed by atoms with van der Waals surface area (Å²) >= 11 is 1.80. The molecule has 4 rings (SSSR count). The molecule has 4 nitrogen and oxygen atoms in total. The van der Waals surface area contributed by atoms with Gasteiger partial charge in [0.15, 0.2) is 0 Å². The lowest BCUT2D eigenvalue weighted by atomic mass is 10.0. The Labute approximate surface area is 123 Å². The lowest BCUT2D eigenvalue weighted by molar-refractivity contribution is 0.533. The number of fused-ring (bicyclic) bond motifs is 2. The Morgan fingerprint density at radius 3 is 2.50 bits per heavy atom. The van der Waals surface area contributed by atoms with Crippen LogP contribution in [0.4, 0.5) is 5.82 Å². The van der Waals surface area contributed by atoms with Crippen molar-refractivity contribution in [3.05, 3.63) is 16.3 Å². The third kappa shape index (κ3) is 1.76. The van der Waals surface area contributed by atoms with E-state index in [-0.39, 0.29) is 0 Å². The van der Waals surface area contributed by atoms with Crippen LogP contribution in [0.3, 0.4) is 0 Å². The van der Waals surface area contributed by atoms with Crippen molar-refractivity contribution in [2.24, 2.45) is 11.8 Å². The lowest BCUT2D eigenvalue weighted by Crippen LogP contribution is -2.26. The molecule has 0 radical (unpaired) electrons. The summed E-state index contributed by atoms with van der Waals surface area (Å²) in [6.45, 7) is 11.0. The molecule has 2 aliphatic heterocycles. The summed E-state index contributed by atoms with van der Waals surface area (Å²) in [7, 11) is 0. The van der Waals surface area contributed by atoms with E-state index in [0.29, 0.717) is 0 Å². The zero-order chi connectivity index (χ0) is 13.9. The summed E-state index contributed by atoms with van der Waals surface area (Å²) < 4.78 is 0. The maximum absolute atomic E-state index is 4.79. The molecule has 2 aromatic rings. The predicted molar refractivity (Wildman–Crippen MR) is 83.7 cm³/mol. The third-order valence-corrected chi connectivity index (χ3v) is 5.91. The molecular weight excluding hydrogens is 268 g/mol. The van der Waals surface area contributed by atoms with Crippen molar-refractivity contribution in [3.63, 3.8) is 0 Å². The number of anilines is 1. The molecule has 0 bridgehead atoms. The molecule has 2 aliphatic rings. The average molecular weight is 288 g/mol. The van der Waals surface area contributed by atoms with Gasteiger partial charge in [0.2, 0.25) is 0 Å². The van der Waals surface area contributed by atoms with Gasteiger partial charge in [-0.2, -0.15) is 0 Å². The molecule has 106 valence electrons. The first-order valence-corrected chi connectivity index (χ1v) is 8.15. The van der Waals surface area contributed by atoms with Crippen LogP contribution >= 0.6 is 11.3 Å². The minimum Gasteiger partial charge on any atom is -0.355 e. The Kier molecular flexibility index (Phi) is 2.76. The van der Waals surface area contributed by atoms with Gasteiger partial charge in [0.05, 0.1) is 5.39 Å². The van der Waals surface area contributed by atoms with E-state index in [2.05, 4.69) is 29.0 Å². The first-order chi connectivity index (χ1) is 9.63. The van der Waals surface area contributed by atoms with E-state index in [1.165, 1.54) is 21.6 Å². The highest BCUT2D eigenvalue weighted by Gasteiger charge is 2.37. The summed E-state index contributed by atoms with van der Waals surface area (Å²) in [6.07, 6.45) is 0. The number of thiophene rings is 1. The van der Waals surface area contributed by atoms with Crippen LogP contribution in [0.2, 0.25) is 0 Å². The fourth-order valence-corrected chi connectivity index (χ4v) is 4.66. The Hall–Kier alpha value is -1.20. The summed E-state index contributed by atoms with van der Waals surface area (Å²) in [5.74, 6) is 3.65. The van der Waals surface area contributed by atoms with Crippen LogP contribution in [-0.2, 0) is 0 Å². The Balaban J connectivity index is 1.83. The lowest BCUT2D eigenvalue weighted by Gasteiger charge is -2.20. The van der Waals surface area contributed by atoms with Crippen LogP contribution < -0.4 is 10.2 Å². The van der Waals surface area contributed by atoms with Crippen molar-refractivity contribution in [3.8, 4) is 0 Å². The number of hydrogen-bond donors (Lipinski definition) is 1. The largest absolute Gasteiger partial charge is 0.355 e. The van der Waals surface area contributed by atoms with Gasteiger partial charge in [0.25, 0.3) is 0 Å². The highest BCUT2D eigenvalue weighted by molar-refractivity contribution is 7.18. The van der Waals surface area contributed by atoms with E-state index in [0.717, 1.165) is 48.7 Å². The van der Waals surface area contributed by atoms with E-state index < -0.39 is 0 Å². The highest BCUT2D eigenvalue weighted by Crippen LogP contribution is 2.38. The van der Waals surface area contributed by atoms with Crippen LogP contribution in [-0.4, -0.2) is 36.1 Å². The summed E-state index contributed by atoms with van der Waals surface area (Å²) in [5, 5.41) is 4.79. The summed E-state index contributed by atoms with van der Waals surface area (Å²) in [6, 6.07) is 0. The molecule has 4 heterocycles. The fourth-order valence-electron chi connectivity index (χ4n) is 3.59. The minimum atomic E-state index is 0.792. The van der Waals surface area contributed by atoms with E-state index in [1.54, 1.807) is 11.3 Å². The van der Waals surface area contributed by atoms with Crippen molar-refractivity contribution < 1.29 is 0 Å². The van der Waals surface area contributed by atoms with Crippen molar-refractivity contribution in [2.75, 3.05) is 31.1 Å². The molecule has 2 atom stereocenters. The van der Waals surface area contributed by atoms with Crippen molar-refractivity contribution in [1.82, 2.24) is 15.3 Å². The van der Waals surface area contributed by atoms with Crippen LogP contribution in [0.25, 0.3) is 10.2 Å². The number of hydrogen-bond acceptors (Lipinski definition) is 5. The van der Waals surface area contributed by atoms with Gasteiger partial charge in [-0.05, 0) is 38.2 Å². The molecule has 0 spiro atoms. The zero-order valence-electron chi connectivity index (χ0n) is 12.2. The zero-order valence-corrected chi connectivity index (χ0v) is 13.0. The van der Waals surface area contributed by atoms with E-state index in [1.807, 2.05) is 6.92 Å². The van der Waals surface area contributed by atoms with Gasteiger partial charge in [0, 0.05) is 31.1 Å². The third-order valence-electron chi connectivity index (χ3n) is 4.81. The van der Waals surface area contributed by atoms with Gasteiger partial charge in [-0.3, -0.25) is 0 Å². The van der Waals surface area contributed by atoms with Gasteiger partial charge in [-0.1, -0.05) is 0 Å². The average Bonchev–Trinajstić information content (AvgIpc) is 3.03. The van der Waals surface area contributed by atoms with Gasteiger partial charge in [-0.15, -0.1) is 11.3 Å². The Morgan fingerprint density at radius 1 is 1.10 bits per heavy atom. The first kappa shape index (κ1) is 12.5. The fraction of sp³-hybridized carbons (Fsp3) is 0.600. The second kappa shape index (κ2) is 4.40. The second-order valence-corrected chi connectivity index (χ2v) is 7.34. The van der Waals surface area contributed by atoms with Gasteiger partial charge in [-0.25, -0.2) is 9.97 Å². The molecular formula is C15H20N4S. The monoisotopic (exact) mass is 288 g/mol. The quantitative estimate of drug-likeness (QED) is 0.874. The van der Waals surface area contributed by atoms with Gasteiger partial charge in [0.1, 0.15) is 16.5 Å². The molecule has 5 heteroatoms. The van der Waals surface area contributed by atoms with Crippen LogP contribution in [0.15, 0.2) is 0 Å².